The zero-order chi connectivity index (χ0) is 25.5. The molecule has 0 aliphatic rings. The summed E-state index contributed by atoms with van der Waals surface area (Å²) in [7, 11) is -3.08. The maximum absolute atomic E-state index is 15.1. The zero-order valence-corrected chi connectivity index (χ0v) is 21.7. The second-order valence-corrected chi connectivity index (χ2v) is 12.5. The molecule has 180 valence electrons. The highest BCUT2D eigenvalue weighted by atomic mass is 31.2. The lowest BCUT2D eigenvalue weighted by atomic mass is 9.93. The van der Waals surface area contributed by atoms with Crippen LogP contribution in [0.2, 0.25) is 0 Å². The van der Waals surface area contributed by atoms with E-state index >= 15 is 4.57 Å². The van der Waals surface area contributed by atoms with Crippen LogP contribution in [0.25, 0.3) is 43.4 Å². The van der Waals surface area contributed by atoms with Gasteiger partial charge in [-0.25, -0.2) is 0 Å². The Bertz CT molecular complexity index is 1990. The Morgan fingerprint density at radius 2 is 0.921 bits per heavy atom. The van der Waals surface area contributed by atoms with Crippen LogP contribution in [0.4, 0.5) is 0 Å². The van der Waals surface area contributed by atoms with Crippen LogP contribution in [0.15, 0.2) is 152 Å². The van der Waals surface area contributed by atoms with Gasteiger partial charge in [-0.2, -0.15) is 0 Å². The van der Waals surface area contributed by atoms with Crippen LogP contribution < -0.4 is 15.9 Å². The fourth-order valence-electron chi connectivity index (χ4n) is 5.60. The second-order valence-electron chi connectivity index (χ2n) is 9.71. The fraction of sp³-hybridized carbons (Fsp3) is 0. The van der Waals surface area contributed by atoms with Gasteiger partial charge in [0.2, 0.25) is 0 Å². The number of hydrogen-bond donors (Lipinski definition) is 0. The summed E-state index contributed by atoms with van der Waals surface area (Å²) in [5, 5.41) is 9.73. The van der Waals surface area contributed by atoms with Crippen molar-refractivity contribution in [1.82, 2.24) is 0 Å². The molecule has 1 nitrogen and oxygen atoms in total. The highest BCUT2D eigenvalue weighted by Gasteiger charge is 2.30. The summed E-state index contributed by atoms with van der Waals surface area (Å²) in [5.74, 6) is 0. The molecule has 1 atom stereocenters. The van der Waals surface area contributed by atoms with Crippen LogP contribution in [-0.2, 0) is 4.57 Å². The Labute approximate surface area is 222 Å². The highest BCUT2D eigenvalue weighted by molar-refractivity contribution is 7.85. The summed E-state index contributed by atoms with van der Waals surface area (Å²) in [6.07, 6.45) is 0. The van der Waals surface area contributed by atoms with E-state index < -0.39 is 7.14 Å². The van der Waals surface area contributed by atoms with Gasteiger partial charge in [0.1, 0.15) is 0 Å². The fourth-order valence-corrected chi connectivity index (χ4v) is 8.26. The summed E-state index contributed by atoms with van der Waals surface area (Å²) in [6, 6.07) is 52.1. The van der Waals surface area contributed by atoms with Gasteiger partial charge in [-0.15, -0.1) is 0 Å². The summed E-state index contributed by atoms with van der Waals surface area (Å²) < 4.78 is 15.1. The van der Waals surface area contributed by atoms with Gasteiger partial charge in [0.05, 0.1) is 0 Å². The summed E-state index contributed by atoms with van der Waals surface area (Å²) in [5.41, 5.74) is 2.31. The van der Waals surface area contributed by atoms with Crippen molar-refractivity contribution in [1.29, 1.82) is 0 Å². The Morgan fingerprint density at radius 3 is 1.68 bits per heavy atom. The minimum atomic E-state index is -3.08. The first-order valence-corrected chi connectivity index (χ1v) is 14.6. The molecule has 2 heteroatoms. The largest absolute Gasteiger partial charge is 0.309 e. The third-order valence-electron chi connectivity index (χ3n) is 7.53. The lowest BCUT2D eigenvalue weighted by Crippen LogP contribution is -2.25. The quantitative estimate of drug-likeness (QED) is 0.174. The molecule has 0 N–H and O–H groups in total. The van der Waals surface area contributed by atoms with Gasteiger partial charge >= 0.3 is 0 Å². The van der Waals surface area contributed by atoms with Crippen LogP contribution in [0.3, 0.4) is 0 Å². The molecule has 38 heavy (non-hydrogen) atoms. The molecule has 0 aliphatic heterocycles. The van der Waals surface area contributed by atoms with E-state index in [1.165, 1.54) is 27.1 Å². The molecule has 0 saturated carbocycles. The van der Waals surface area contributed by atoms with Crippen LogP contribution in [0, 0.1) is 0 Å². The highest BCUT2D eigenvalue weighted by Crippen LogP contribution is 2.43. The standard InChI is InChI=1S/C36H25OP/c37-38(30-13-2-1-3-14-30,32-23-18-26-10-4-5-11-28(26)24-32)31-21-19-27(20-22-31)36-25-29-12-6-7-15-33(29)34-16-8-9-17-35(34)36/h1-25H. The third-order valence-corrected chi connectivity index (χ3v) is 10.6. The van der Waals surface area contributed by atoms with Crippen molar-refractivity contribution in [3.63, 3.8) is 0 Å². The molecule has 0 aliphatic carbocycles. The van der Waals surface area contributed by atoms with E-state index in [9.17, 15) is 0 Å². The molecule has 0 spiro atoms. The molecule has 0 bridgehead atoms. The van der Waals surface area contributed by atoms with Gasteiger partial charge in [-0.3, -0.25) is 0 Å². The molecule has 0 fully saturated rings. The van der Waals surface area contributed by atoms with Gasteiger partial charge in [0, 0.05) is 15.9 Å². The van der Waals surface area contributed by atoms with Crippen molar-refractivity contribution in [3.05, 3.63) is 152 Å². The predicted octanol–water partition coefficient (Wildman–Crippen LogP) is 8.45. The normalized spacial score (nSPS) is 13.1. The molecular formula is C36H25OP. The number of rotatable bonds is 4. The lowest BCUT2D eigenvalue weighted by Gasteiger charge is -2.21. The maximum atomic E-state index is 15.1. The first kappa shape index (κ1) is 22.7. The summed E-state index contributed by atoms with van der Waals surface area (Å²) in [4.78, 5) is 0. The SMILES string of the molecule is O=P(c1ccccc1)(c1ccc(-c2cc3ccccc3c3ccccc23)cc1)c1ccc2ccccc2c1. The first-order valence-electron chi connectivity index (χ1n) is 12.9. The van der Waals surface area contributed by atoms with Crippen molar-refractivity contribution in [3.8, 4) is 11.1 Å². The topological polar surface area (TPSA) is 17.1 Å². The van der Waals surface area contributed by atoms with Crippen LogP contribution >= 0.6 is 7.14 Å². The lowest BCUT2D eigenvalue weighted by molar-refractivity contribution is 0.592. The van der Waals surface area contributed by atoms with Gasteiger partial charge in [-0.1, -0.05) is 140 Å². The van der Waals surface area contributed by atoms with Crippen LogP contribution in [0.5, 0.6) is 0 Å². The van der Waals surface area contributed by atoms with Gasteiger partial charge in [-0.05, 0) is 55.6 Å². The van der Waals surface area contributed by atoms with Gasteiger partial charge < -0.3 is 4.57 Å². The molecule has 7 aromatic rings. The van der Waals surface area contributed by atoms with E-state index in [2.05, 4.69) is 103 Å². The monoisotopic (exact) mass is 504 g/mol. The molecule has 7 rings (SSSR count). The Kier molecular flexibility index (Phi) is 5.46. The number of fused-ring (bicyclic) bond motifs is 4. The second kappa shape index (κ2) is 9.14. The molecule has 1 unspecified atom stereocenters. The van der Waals surface area contributed by atoms with E-state index in [1.807, 2.05) is 48.5 Å². The molecule has 0 radical (unpaired) electrons. The third kappa shape index (κ3) is 3.67. The summed E-state index contributed by atoms with van der Waals surface area (Å²) in [6.45, 7) is 0. The van der Waals surface area contributed by atoms with E-state index in [1.54, 1.807) is 0 Å². The van der Waals surface area contributed by atoms with Crippen LogP contribution in [0.1, 0.15) is 0 Å². The summed E-state index contributed by atoms with van der Waals surface area (Å²) >= 11 is 0. The van der Waals surface area contributed by atoms with E-state index in [0.29, 0.717) is 0 Å². The van der Waals surface area contributed by atoms with Crippen molar-refractivity contribution >= 4 is 55.4 Å². The minimum absolute atomic E-state index is 0.841. The van der Waals surface area contributed by atoms with Gasteiger partial charge in [0.15, 0.2) is 7.14 Å². The average molecular weight is 505 g/mol. The Hall–Kier alpha value is -4.45. The average Bonchev–Trinajstić information content (AvgIpc) is 3.00. The predicted molar refractivity (Wildman–Crippen MR) is 164 cm³/mol. The number of hydrogen-bond acceptors (Lipinski definition) is 1. The molecule has 0 amide bonds. The Balaban J connectivity index is 1.41. The van der Waals surface area contributed by atoms with Crippen molar-refractivity contribution in [2.45, 2.75) is 0 Å². The van der Waals surface area contributed by atoms with Crippen molar-refractivity contribution < 1.29 is 4.57 Å². The number of benzene rings is 7. The molecular weight excluding hydrogens is 479 g/mol. The molecule has 0 saturated heterocycles. The van der Waals surface area contributed by atoms with Crippen molar-refractivity contribution in [2.24, 2.45) is 0 Å². The first-order chi connectivity index (χ1) is 18.7. The van der Waals surface area contributed by atoms with Crippen molar-refractivity contribution in [2.75, 3.05) is 0 Å². The van der Waals surface area contributed by atoms with E-state index in [4.69, 9.17) is 0 Å². The van der Waals surface area contributed by atoms with Gasteiger partial charge in [0.25, 0.3) is 0 Å². The Morgan fingerprint density at radius 1 is 0.368 bits per heavy atom. The maximum Gasteiger partial charge on any atom is 0.171 e. The molecule has 7 aromatic carbocycles. The minimum Gasteiger partial charge on any atom is -0.309 e. The van der Waals surface area contributed by atoms with Crippen LogP contribution in [-0.4, -0.2) is 0 Å². The molecule has 0 heterocycles. The van der Waals surface area contributed by atoms with E-state index in [0.717, 1.165) is 32.2 Å². The van der Waals surface area contributed by atoms with E-state index in [-0.39, 0.29) is 0 Å². The zero-order valence-electron chi connectivity index (χ0n) is 20.8. The smallest absolute Gasteiger partial charge is 0.171 e. The molecule has 0 aromatic heterocycles.